The van der Waals surface area contributed by atoms with Crippen molar-refractivity contribution in [1.82, 2.24) is 4.90 Å². The van der Waals surface area contributed by atoms with Gasteiger partial charge in [-0.05, 0) is 36.1 Å². The van der Waals surface area contributed by atoms with Crippen molar-refractivity contribution in [2.24, 2.45) is 0 Å². The van der Waals surface area contributed by atoms with E-state index >= 15 is 0 Å². The Morgan fingerprint density at radius 3 is 2.35 bits per heavy atom. The quantitative estimate of drug-likeness (QED) is 0.734. The molecule has 0 unspecified atom stereocenters. The number of aryl methyl sites for hydroxylation is 1. The Kier molecular flexibility index (Phi) is 5.03. The molecule has 0 heterocycles. The molecule has 0 fully saturated rings. The van der Waals surface area contributed by atoms with Crippen LogP contribution in [0.15, 0.2) is 18.2 Å². The maximum absolute atomic E-state index is 5.75. The predicted molar refractivity (Wildman–Crippen MR) is 76.9 cm³/mol. The Balaban J connectivity index is 2.83. The van der Waals surface area contributed by atoms with Crippen LogP contribution < -0.4 is 0 Å². The van der Waals surface area contributed by atoms with Crippen molar-refractivity contribution >= 4 is 11.6 Å². The van der Waals surface area contributed by atoms with Crippen molar-refractivity contribution in [1.29, 1.82) is 0 Å². The van der Waals surface area contributed by atoms with Crippen molar-refractivity contribution in [3.05, 3.63) is 34.9 Å². The van der Waals surface area contributed by atoms with E-state index in [2.05, 4.69) is 57.8 Å². The van der Waals surface area contributed by atoms with Gasteiger partial charge in [-0.2, -0.15) is 0 Å². The zero-order valence-electron chi connectivity index (χ0n) is 11.7. The summed E-state index contributed by atoms with van der Waals surface area (Å²) in [5.41, 5.74) is 4.40. The first-order chi connectivity index (χ1) is 7.84. The van der Waals surface area contributed by atoms with Crippen molar-refractivity contribution in [2.75, 3.05) is 19.5 Å². The lowest BCUT2D eigenvalue weighted by molar-refractivity contribution is 0.347. The Labute approximate surface area is 111 Å². The fraction of sp³-hybridized carbons (Fsp3) is 0.600. The van der Waals surface area contributed by atoms with Crippen molar-refractivity contribution in [3.8, 4) is 0 Å². The van der Waals surface area contributed by atoms with E-state index in [1.165, 1.54) is 16.7 Å². The highest BCUT2D eigenvalue weighted by molar-refractivity contribution is 6.18. The molecule has 17 heavy (non-hydrogen) atoms. The molecule has 0 amide bonds. The van der Waals surface area contributed by atoms with Gasteiger partial charge in [0.15, 0.2) is 0 Å². The van der Waals surface area contributed by atoms with Crippen molar-refractivity contribution < 1.29 is 0 Å². The van der Waals surface area contributed by atoms with Gasteiger partial charge in [0.1, 0.15) is 0 Å². The fourth-order valence-electron chi connectivity index (χ4n) is 1.85. The molecule has 0 aliphatic rings. The lowest BCUT2D eigenvalue weighted by Crippen LogP contribution is -2.21. The third-order valence-corrected chi connectivity index (χ3v) is 3.28. The summed E-state index contributed by atoms with van der Waals surface area (Å²) in [7, 11) is 2.11. The van der Waals surface area contributed by atoms with Crippen LogP contribution in [0.1, 0.15) is 37.5 Å². The number of halogens is 1. The number of benzene rings is 1. The Morgan fingerprint density at radius 1 is 1.24 bits per heavy atom. The number of nitrogens with zero attached hydrogens (tertiary/aromatic N) is 1. The van der Waals surface area contributed by atoms with Crippen molar-refractivity contribution in [3.63, 3.8) is 0 Å². The van der Waals surface area contributed by atoms with Gasteiger partial charge < -0.3 is 4.90 Å². The largest absolute Gasteiger partial charge is 0.301 e. The van der Waals surface area contributed by atoms with E-state index in [1.54, 1.807) is 0 Å². The minimum atomic E-state index is 0.228. The van der Waals surface area contributed by atoms with Crippen LogP contribution in [0.3, 0.4) is 0 Å². The normalized spacial score (nSPS) is 12.2. The Bertz CT molecular complexity index is 366. The average molecular weight is 254 g/mol. The minimum absolute atomic E-state index is 0.228. The smallest absolute Gasteiger partial charge is 0.0351 e. The molecule has 0 aliphatic carbocycles. The van der Waals surface area contributed by atoms with Crippen LogP contribution >= 0.6 is 11.6 Å². The molecule has 0 spiro atoms. The van der Waals surface area contributed by atoms with E-state index in [-0.39, 0.29) is 5.41 Å². The molecule has 0 aliphatic heterocycles. The van der Waals surface area contributed by atoms with Gasteiger partial charge in [0.05, 0.1) is 0 Å². The molecule has 2 heteroatoms. The molecule has 1 rings (SSSR count). The molecule has 1 aromatic carbocycles. The van der Waals surface area contributed by atoms with E-state index in [0.29, 0.717) is 5.88 Å². The van der Waals surface area contributed by atoms with Gasteiger partial charge in [0.25, 0.3) is 0 Å². The van der Waals surface area contributed by atoms with Crippen LogP contribution in [-0.4, -0.2) is 24.4 Å². The molecule has 0 radical (unpaired) electrons. The first-order valence-electron chi connectivity index (χ1n) is 6.19. The van der Waals surface area contributed by atoms with Crippen LogP contribution in [0.2, 0.25) is 0 Å². The van der Waals surface area contributed by atoms with Crippen LogP contribution in [0.5, 0.6) is 0 Å². The summed E-state index contributed by atoms with van der Waals surface area (Å²) in [6, 6.07) is 6.81. The highest BCUT2D eigenvalue weighted by atomic mass is 35.5. The van der Waals surface area contributed by atoms with E-state index < -0.39 is 0 Å². The third-order valence-electron chi connectivity index (χ3n) is 3.12. The van der Waals surface area contributed by atoms with Crippen molar-refractivity contribution in [2.45, 2.75) is 39.7 Å². The van der Waals surface area contributed by atoms with E-state index in [0.717, 1.165) is 13.1 Å². The predicted octanol–water partition coefficient (Wildman–Crippen LogP) is 3.96. The van der Waals surface area contributed by atoms with Gasteiger partial charge in [0, 0.05) is 19.0 Å². The second-order valence-corrected chi connectivity index (χ2v) is 6.20. The number of alkyl halides is 1. The van der Waals surface area contributed by atoms with E-state index in [9.17, 15) is 0 Å². The first kappa shape index (κ1) is 14.5. The maximum Gasteiger partial charge on any atom is 0.0351 e. The molecule has 96 valence electrons. The van der Waals surface area contributed by atoms with Gasteiger partial charge in [-0.3, -0.25) is 0 Å². The molecular weight excluding hydrogens is 230 g/mol. The van der Waals surface area contributed by atoms with Crippen LogP contribution in [0.4, 0.5) is 0 Å². The topological polar surface area (TPSA) is 3.24 Å². The minimum Gasteiger partial charge on any atom is -0.301 e. The first-order valence-corrected chi connectivity index (χ1v) is 6.72. The molecule has 0 atom stereocenters. The Morgan fingerprint density at radius 2 is 1.88 bits per heavy atom. The molecule has 0 aromatic heterocycles. The fourth-order valence-corrected chi connectivity index (χ4v) is 2.14. The highest BCUT2D eigenvalue weighted by Gasteiger charge is 2.14. The van der Waals surface area contributed by atoms with Gasteiger partial charge in [-0.25, -0.2) is 0 Å². The van der Waals surface area contributed by atoms with Crippen LogP contribution in [0, 0.1) is 6.92 Å². The average Bonchev–Trinajstić information content (AvgIpc) is 2.20. The molecule has 0 saturated carbocycles. The standard InChI is InChI=1S/C15H24ClN/c1-12-10-14(15(2,3)4)7-6-13(12)11-17(5)9-8-16/h6-7,10H,8-9,11H2,1-5H3. The van der Waals surface area contributed by atoms with Crippen LogP contribution in [0.25, 0.3) is 0 Å². The Hall–Kier alpha value is -0.530. The SMILES string of the molecule is Cc1cc(C(C)(C)C)ccc1CN(C)CCCl. The molecular formula is C15H24ClN. The number of rotatable bonds is 4. The summed E-state index contributed by atoms with van der Waals surface area (Å²) < 4.78 is 0. The summed E-state index contributed by atoms with van der Waals surface area (Å²) in [6.45, 7) is 10.9. The number of hydrogen-bond acceptors (Lipinski definition) is 1. The summed E-state index contributed by atoms with van der Waals surface area (Å²) in [4.78, 5) is 2.26. The third kappa shape index (κ3) is 4.33. The number of hydrogen-bond donors (Lipinski definition) is 0. The second kappa shape index (κ2) is 5.88. The molecule has 1 nitrogen and oxygen atoms in total. The summed E-state index contributed by atoms with van der Waals surface area (Å²) in [5.74, 6) is 0.690. The highest BCUT2D eigenvalue weighted by Crippen LogP contribution is 2.24. The van der Waals surface area contributed by atoms with E-state index in [1.807, 2.05) is 0 Å². The maximum atomic E-state index is 5.75. The van der Waals surface area contributed by atoms with E-state index in [4.69, 9.17) is 11.6 Å². The van der Waals surface area contributed by atoms with Gasteiger partial charge >= 0.3 is 0 Å². The summed E-state index contributed by atoms with van der Waals surface area (Å²) >= 11 is 5.75. The lowest BCUT2D eigenvalue weighted by atomic mass is 9.85. The zero-order chi connectivity index (χ0) is 13.1. The van der Waals surface area contributed by atoms with Gasteiger partial charge in [-0.15, -0.1) is 11.6 Å². The molecule has 1 aromatic rings. The monoisotopic (exact) mass is 253 g/mol. The van der Waals surface area contributed by atoms with Crippen LogP contribution in [-0.2, 0) is 12.0 Å². The van der Waals surface area contributed by atoms with Gasteiger partial charge in [-0.1, -0.05) is 39.0 Å². The summed E-state index contributed by atoms with van der Waals surface area (Å²) in [6.07, 6.45) is 0. The lowest BCUT2D eigenvalue weighted by Gasteiger charge is -2.22. The molecule has 0 saturated heterocycles. The zero-order valence-corrected chi connectivity index (χ0v) is 12.4. The summed E-state index contributed by atoms with van der Waals surface area (Å²) in [5, 5.41) is 0. The second-order valence-electron chi connectivity index (χ2n) is 5.82. The van der Waals surface area contributed by atoms with Gasteiger partial charge in [0.2, 0.25) is 0 Å². The molecule has 0 bridgehead atoms. The molecule has 0 N–H and O–H groups in total.